The van der Waals surface area contributed by atoms with Crippen LogP contribution < -0.4 is 16.5 Å². The number of benzene rings is 1. The second-order valence-electron chi connectivity index (χ2n) is 5.57. The number of aliphatic hydroxyl groups is 2. The Morgan fingerprint density at radius 2 is 1.89 bits per heavy atom. The Morgan fingerprint density at radius 1 is 1.25 bits per heavy atom. The zero-order chi connectivity index (χ0) is 21.2. The molecule has 0 aliphatic carbocycles. The number of carbonyl (C=O) groups excluding carboxylic acids is 1. The van der Waals surface area contributed by atoms with E-state index in [0.717, 1.165) is 17.7 Å². The number of nitrogens with two attached hydrogens (primary N) is 1. The van der Waals surface area contributed by atoms with Crippen LogP contribution in [0.4, 0.5) is 5.69 Å². The molecule has 0 radical (unpaired) electrons. The van der Waals surface area contributed by atoms with Crippen molar-refractivity contribution in [2.75, 3.05) is 38.4 Å². The van der Waals surface area contributed by atoms with Crippen LogP contribution in [-0.4, -0.2) is 66.6 Å². The van der Waals surface area contributed by atoms with E-state index in [2.05, 4.69) is 28.1 Å². The second-order valence-corrected chi connectivity index (χ2v) is 6.01. The van der Waals surface area contributed by atoms with Crippen LogP contribution in [0.5, 0.6) is 0 Å². The van der Waals surface area contributed by atoms with Crippen molar-refractivity contribution in [3.05, 3.63) is 29.8 Å². The highest BCUT2D eigenvalue weighted by Crippen LogP contribution is 2.07. The Morgan fingerprint density at radius 3 is 2.43 bits per heavy atom. The number of aliphatic hydroxyl groups excluding tert-OH is 2. The molecule has 0 fully saturated rings. The van der Waals surface area contributed by atoms with Crippen molar-refractivity contribution in [2.45, 2.75) is 26.4 Å². The lowest BCUT2D eigenvalue weighted by atomic mass is 10.2. The average Bonchev–Trinajstić information content (AvgIpc) is 2.65. The van der Waals surface area contributed by atoms with E-state index in [-0.39, 0.29) is 30.3 Å². The van der Waals surface area contributed by atoms with Gasteiger partial charge in [-0.25, -0.2) is 0 Å². The van der Waals surface area contributed by atoms with E-state index in [9.17, 15) is 4.79 Å². The Bertz CT molecular complexity index is 584. The van der Waals surface area contributed by atoms with E-state index < -0.39 is 0 Å². The Hall–Kier alpha value is -2.11. The van der Waals surface area contributed by atoms with Crippen LogP contribution in [-0.2, 0) is 14.3 Å². The fourth-order valence-corrected chi connectivity index (χ4v) is 1.83. The molecule has 0 spiro atoms. The standard InChI is InChI=1S/C10H12N4OS.C8H18O4/c1-7(15)13-9-4-2-8(3-5-9)6-12-14-10(11)16;1-8(12-7-4-10)2-5-11-6-3-9/h2-6H,1H3,(H,13,15)(H3,11,14,16);8-10H,2-7H2,1H3/b12-6+;. The van der Waals surface area contributed by atoms with Crippen LogP contribution in [0.1, 0.15) is 25.8 Å². The number of ether oxygens (including phenoxy) is 2. The van der Waals surface area contributed by atoms with Crippen molar-refractivity contribution in [1.82, 2.24) is 5.43 Å². The predicted molar refractivity (Wildman–Crippen MR) is 113 cm³/mol. The van der Waals surface area contributed by atoms with Gasteiger partial charge in [-0.15, -0.1) is 0 Å². The van der Waals surface area contributed by atoms with Crippen molar-refractivity contribution in [2.24, 2.45) is 10.8 Å². The number of nitrogens with zero attached hydrogens (tertiary/aromatic N) is 1. The first-order valence-corrected chi connectivity index (χ1v) is 9.17. The quantitative estimate of drug-likeness (QED) is 0.154. The molecule has 1 atom stereocenters. The summed E-state index contributed by atoms with van der Waals surface area (Å²) in [5.74, 6) is -0.100. The molecule has 1 rings (SSSR count). The number of rotatable bonds is 11. The fourth-order valence-electron chi connectivity index (χ4n) is 1.78. The summed E-state index contributed by atoms with van der Waals surface area (Å²) in [6.07, 6.45) is 2.48. The van der Waals surface area contributed by atoms with Crippen molar-refractivity contribution in [3.63, 3.8) is 0 Å². The molecule has 0 saturated heterocycles. The van der Waals surface area contributed by atoms with E-state index >= 15 is 0 Å². The molecule has 9 nitrogen and oxygen atoms in total. The summed E-state index contributed by atoms with van der Waals surface area (Å²) in [6, 6.07) is 7.19. The van der Waals surface area contributed by atoms with Gasteiger partial charge in [-0.1, -0.05) is 12.1 Å². The number of hydrogen-bond acceptors (Lipinski definition) is 7. The number of hydrogen-bond donors (Lipinski definition) is 5. The van der Waals surface area contributed by atoms with Gasteiger partial charge in [-0.2, -0.15) is 5.10 Å². The van der Waals surface area contributed by atoms with E-state index in [1.807, 2.05) is 19.1 Å². The molecule has 10 heteroatoms. The summed E-state index contributed by atoms with van der Waals surface area (Å²) < 4.78 is 10.2. The molecule has 0 aromatic heterocycles. The Labute approximate surface area is 170 Å². The summed E-state index contributed by atoms with van der Waals surface area (Å²) in [5.41, 5.74) is 9.26. The van der Waals surface area contributed by atoms with Gasteiger partial charge < -0.3 is 30.7 Å². The second kappa shape index (κ2) is 17.0. The van der Waals surface area contributed by atoms with Gasteiger partial charge in [0.1, 0.15) is 0 Å². The number of thiocarbonyl (C=S) groups is 1. The molecule has 1 amide bonds. The minimum atomic E-state index is -0.100. The lowest BCUT2D eigenvalue weighted by Crippen LogP contribution is -2.23. The highest BCUT2D eigenvalue weighted by molar-refractivity contribution is 7.80. The smallest absolute Gasteiger partial charge is 0.221 e. The molecule has 0 aliphatic heterocycles. The summed E-state index contributed by atoms with van der Waals surface area (Å²) in [5, 5.41) is 23.4. The van der Waals surface area contributed by atoms with E-state index in [1.165, 1.54) is 6.92 Å². The molecular formula is C18H30N4O5S. The van der Waals surface area contributed by atoms with Crippen LogP contribution in [0, 0.1) is 0 Å². The van der Waals surface area contributed by atoms with Gasteiger partial charge in [0.25, 0.3) is 0 Å². The zero-order valence-corrected chi connectivity index (χ0v) is 17.1. The third kappa shape index (κ3) is 16.1. The van der Waals surface area contributed by atoms with Gasteiger partial charge in [0, 0.05) is 19.2 Å². The minimum Gasteiger partial charge on any atom is -0.394 e. The lowest BCUT2D eigenvalue weighted by Gasteiger charge is -2.11. The number of nitrogens with one attached hydrogen (secondary N) is 2. The van der Waals surface area contributed by atoms with Crippen LogP contribution in [0.3, 0.4) is 0 Å². The lowest BCUT2D eigenvalue weighted by molar-refractivity contribution is -0.114. The summed E-state index contributed by atoms with van der Waals surface area (Å²) >= 11 is 4.58. The van der Waals surface area contributed by atoms with Crippen LogP contribution in [0.15, 0.2) is 29.4 Å². The number of amides is 1. The first kappa shape index (κ1) is 25.9. The molecule has 1 aromatic carbocycles. The number of hydrazone groups is 1. The molecular weight excluding hydrogens is 384 g/mol. The summed E-state index contributed by atoms with van der Waals surface area (Å²) in [4.78, 5) is 10.8. The van der Waals surface area contributed by atoms with Gasteiger partial charge in [-0.05, 0) is 43.3 Å². The highest BCUT2D eigenvalue weighted by Gasteiger charge is 2.00. The molecule has 6 N–H and O–H groups in total. The normalized spacial score (nSPS) is 11.4. The zero-order valence-electron chi connectivity index (χ0n) is 16.3. The molecule has 1 unspecified atom stereocenters. The Kier molecular flexibility index (Phi) is 15.7. The van der Waals surface area contributed by atoms with Crippen molar-refractivity contribution in [1.29, 1.82) is 0 Å². The topological polar surface area (TPSA) is 138 Å². The SMILES string of the molecule is CC(=O)Nc1ccc(/C=N/NC(N)=S)cc1.CC(CCOCCO)OCCO. The maximum atomic E-state index is 10.8. The van der Waals surface area contributed by atoms with Crippen LogP contribution in [0.25, 0.3) is 0 Å². The number of anilines is 1. The molecule has 0 bridgehead atoms. The van der Waals surface area contributed by atoms with E-state index in [4.69, 9.17) is 25.4 Å². The molecule has 28 heavy (non-hydrogen) atoms. The van der Waals surface area contributed by atoms with Crippen molar-refractivity contribution < 1.29 is 24.5 Å². The molecule has 1 aromatic rings. The minimum absolute atomic E-state index is 0.0574. The molecule has 158 valence electrons. The van der Waals surface area contributed by atoms with Crippen LogP contribution >= 0.6 is 12.2 Å². The van der Waals surface area contributed by atoms with Gasteiger partial charge in [-0.3, -0.25) is 10.2 Å². The van der Waals surface area contributed by atoms with E-state index in [1.54, 1.807) is 18.3 Å². The van der Waals surface area contributed by atoms with Crippen molar-refractivity contribution in [3.8, 4) is 0 Å². The van der Waals surface area contributed by atoms with Crippen molar-refractivity contribution >= 4 is 35.1 Å². The number of carbonyl (C=O) groups is 1. The molecule has 0 saturated carbocycles. The average molecular weight is 415 g/mol. The first-order chi connectivity index (χ1) is 13.4. The third-order valence-corrected chi connectivity index (χ3v) is 3.11. The largest absolute Gasteiger partial charge is 0.394 e. The van der Waals surface area contributed by atoms with E-state index in [0.29, 0.717) is 19.8 Å². The third-order valence-electron chi connectivity index (χ3n) is 3.02. The van der Waals surface area contributed by atoms with Gasteiger partial charge in [0.15, 0.2) is 5.11 Å². The maximum Gasteiger partial charge on any atom is 0.221 e. The first-order valence-electron chi connectivity index (χ1n) is 8.76. The predicted octanol–water partition coefficient (Wildman–Crippen LogP) is 0.595. The van der Waals surface area contributed by atoms with Gasteiger partial charge in [0.2, 0.25) is 5.91 Å². The fraction of sp³-hybridized carbons (Fsp3) is 0.500. The highest BCUT2D eigenvalue weighted by atomic mass is 32.1. The maximum absolute atomic E-state index is 10.8. The summed E-state index contributed by atoms with van der Waals surface area (Å²) in [6.45, 7) is 4.86. The monoisotopic (exact) mass is 414 g/mol. The summed E-state index contributed by atoms with van der Waals surface area (Å²) in [7, 11) is 0. The van der Waals surface area contributed by atoms with Gasteiger partial charge in [0.05, 0.1) is 38.7 Å². The molecule has 0 heterocycles. The van der Waals surface area contributed by atoms with Gasteiger partial charge >= 0.3 is 0 Å². The van der Waals surface area contributed by atoms with Crippen LogP contribution in [0.2, 0.25) is 0 Å². The Balaban J connectivity index is 0.000000546. The molecule has 0 aliphatic rings.